The van der Waals surface area contributed by atoms with Gasteiger partial charge in [-0.2, -0.15) is 0 Å². The van der Waals surface area contributed by atoms with Gasteiger partial charge in [-0.15, -0.1) is 13.2 Å². The van der Waals surface area contributed by atoms with Gasteiger partial charge in [0.25, 0.3) is 0 Å². The van der Waals surface area contributed by atoms with Crippen molar-refractivity contribution in [1.29, 1.82) is 0 Å². The number of hydrogen-bond donors (Lipinski definition) is 1. The summed E-state index contributed by atoms with van der Waals surface area (Å²) in [5.41, 5.74) is 7.72. The third-order valence-electron chi connectivity index (χ3n) is 2.76. The number of nitrogens with zero attached hydrogens (tertiary/aromatic N) is 1. The van der Waals surface area contributed by atoms with E-state index in [1.165, 1.54) is 18.2 Å². The van der Waals surface area contributed by atoms with Gasteiger partial charge in [0, 0.05) is 17.5 Å². The molecule has 1 aromatic heterocycles. The molecule has 6 heteroatoms. The van der Waals surface area contributed by atoms with Crippen LogP contribution in [0.15, 0.2) is 42.6 Å². The molecule has 0 saturated carbocycles. The highest BCUT2D eigenvalue weighted by atomic mass is 19.4. The number of halogens is 3. The highest BCUT2D eigenvalue weighted by molar-refractivity contribution is 5.41. The van der Waals surface area contributed by atoms with E-state index in [4.69, 9.17) is 5.73 Å². The van der Waals surface area contributed by atoms with Crippen molar-refractivity contribution in [2.45, 2.75) is 19.3 Å². The normalized spacial score (nSPS) is 13.1. The van der Waals surface area contributed by atoms with Gasteiger partial charge in [0.1, 0.15) is 5.75 Å². The van der Waals surface area contributed by atoms with E-state index in [1.807, 2.05) is 0 Å². The van der Waals surface area contributed by atoms with Gasteiger partial charge in [0.05, 0.1) is 6.04 Å². The predicted molar refractivity (Wildman–Crippen MR) is 68.1 cm³/mol. The van der Waals surface area contributed by atoms with Gasteiger partial charge in [0.15, 0.2) is 0 Å². The Balaban J connectivity index is 2.37. The minimum Gasteiger partial charge on any atom is -0.405 e. The summed E-state index contributed by atoms with van der Waals surface area (Å²) >= 11 is 0. The van der Waals surface area contributed by atoms with Crippen LogP contribution >= 0.6 is 0 Å². The number of nitrogens with two attached hydrogens (primary N) is 1. The first-order chi connectivity index (χ1) is 9.37. The Morgan fingerprint density at radius 3 is 2.55 bits per heavy atom. The van der Waals surface area contributed by atoms with Gasteiger partial charge in [-0.05, 0) is 30.7 Å². The molecule has 0 aliphatic rings. The third-order valence-corrected chi connectivity index (χ3v) is 2.76. The molecule has 0 saturated heterocycles. The van der Waals surface area contributed by atoms with Crippen LogP contribution in [-0.4, -0.2) is 11.3 Å². The third kappa shape index (κ3) is 3.48. The Bertz CT molecular complexity index is 599. The summed E-state index contributed by atoms with van der Waals surface area (Å²) in [6.45, 7) is 1.79. The minimum absolute atomic E-state index is 0.274. The number of aryl methyl sites for hydroxylation is 1. The zero-order valence-corrected chi connectivity index (χ0v) is 10.7. The molecule has 0 spiro atoms. The van der Waals surface area contributed by atoms with Crippen molar-refractivity contribution in [3.63, 3.8) is 0 Å². The van der Waals surface area contributed by atoms with Crippen LogP contribution in [0.5, 0.6) is 5.75 Å². The van der Waals surface area contributed by atoms with Crippen LogP contribution in [0.4, 0.5) is 13.2 Å². The Morgan fingerprint density at radius 1 is 1.20 bits per heavy atom. The first-order valence-corrected chi connectivity index (χ1v) is 5.89. The molecule has 2 N–H and O–H groups in total. The molecule has 1 unspecified atom stereocenters. The summed E-state index contributed by atoms with van der Waals surface area (Å²) in [7, 11) is 0. The lowest BCUT2D eigenvalue weighted by atomic mass is 9.99. The van der Waals surface area contributed by atoms with Crippen molar-refractivity contribution in [3.8, 4) is 5.75 Å². The van der Waals surface area contributed by atoms with Crippen molar-refractivity contribution < 1.29 is 17.9 Å². The van der Waals surface area contributed by atoms with E-state index in [0.717, 1.165) is 5.69 Å². The van der Waals surface area contributed by atoms with E-state index in [9.17, 15) is 13.2 Å². The highest BCUT2D eigenvalue weighted by Crippen LogP contribution is 2.32. The summed E-state index contributed by atoms with van der Waals surface area (Å²) in [6, 6.07) is 8.53. The second-order valence-electron chi connectivity index (χ2n) is 4.29. The molecule has 106 valence electrons. The van der Waals surface area contributed by atoms with Crippen molar-refractivity contribution in [1.82, 2.24) is 4.98 Å². The average Bonchev–Trinajstić information content (AvgIpc) is 2.37. The maximum atomic E-state index is 12.4. The monoisotopic (exact) mass is 282 g/mol. The van der Waals surface area contributed by atoms with Gasteiger partial charge >= 0.3 is 6.36 Å². The first-order valence-electron chi connectivity index (χ1n) is 5.89. The van der Waals surface area contributed by atoms with Crippen molar-refractivity contribution >= 4 is 0 Å². The number of rotatable bonds is 3. The molecule has 3 nitrogen and oxygen atoms in total. The molecule has 20 heavy (non-hydrogen) atoms. The molecular weight excluding hydrogens is 269 g/mol. The molecule has 0 radical (unpaired) electrons. The maximum absolute atomic E-state index is 12.4. The fourth-order valence-electron chi connectivity index (χ4n) is 1.90. The Hall–Kier alpha value is -2.08. The Morgan fingerprint density at radius 2 is 1.90 bits per heavy atom. The lowest BCUT2D eigenvalue weighted by Crippen LogP contribution is -2.20. The molecule has 1 atom stereocenters. The quantitative estimate of drug-likeness (QED) is 0.939. The largest absolute Gasteiger partial charge is 0.573 e. The number of ether oxygens (including phenoxy) is 1. The topological polar surface area (TPSA) is 48.1 Å². The van der Waals surface area contributed by atoms with Crippen LogP contribution in [0.3, 0.4) is 0 Å². The standard InChI is InChI=1S/C14H13F3N2O/c1-9-8-10(6-7-19-9)13(18)11-4-2-3-5-12(11)20-14(15,16)17/h2-8,13H,18H2,1H3. The van der Waals surface area contributed by atoms with Crippen LogP contribution < -0.4 is 10.5 Å². The average molecular weight is 282 g/mol. The molecule has 2 rings (SSSR count). The summed E-state index contributed by atoms with van der Waals surface area (Å²) in [5, 5.41) is 0. The maximum Gasteiger partial charge on any atom is 0.573 e. The summed E-state index contributed by atoms with van der Waals surface area (Å²) in [6.07, 6.45) is -3.18. The molecule has 0 fully saturated rings. The molecular formula is C14H13F3N2O. The SMILES string of the molecule is Cc1cc(C(N)c2ccccc2OC(F)(F)F)ccn1. The molecule has 0 bridgehead atoms. The van der Waals surface area contributed by atoms with E-state index in [1.54, 1.807) is 31.3 Å². The fraction of sp³-hybridized carbons (Fsp3) is 0.214. The number of para-hydroxylation sites is 1. The van der Waals surface area contributed by atoms with E-state index in [-0.39, 0.29) is 11.3 Å². The van der Waals surface area contributed by atoms with Crippen LogP contribution in [0.1, 0.15) is 22.9 Å². The summed E-state index contributed by atoms with van der Waals surface area (Å²) in [5.74, 6) is -0.290. The second kappa shape index (κ2) is 5.50. The van der Waals surface area contributed by atoms with E-state index < -0.39 is 12.4 Å². The molecule has 2 aromatic rings. The van der Waals surface area contributed by atoms with Crippen LogP contribution in [0.2, 0.25) is 0 Å². The number of alkyl halides is 3. The molecule has 0 aliphatic carbocycles. The zero-order chi connectivity index (χ0) is 14.8. The van der Waals surface area contributed by atoms with E-state index >= 15 is 0 Å². The fourth-order valence-corrected chi connectivity index (χ4v) is 1.90. The van der Waals surface area contributed by atoms with Gasteiger partial charge in [-0.1, -0.05) is 18.2 Å². The van der Waals surface area contributed by atoms with Gasteiger partial charge in [-0.25, -0.2) is 0 Å². The van der Waals surface area contributed by atoms with Crippen molar-refractivity contribution in [2.75, 3.05) is 0 Å². The van der Waals surface area contributed by atoms with E-state index in [2.05, 4.69) is 9.72 Å². The van der Waals surface area contributed by atoms with Crippen molar-refractivity contribution in [3.05, 3.63) is 59.4 Å². The minimum atomic E-state index is -4.75. The van der Waals surface area contributed by atoms with Crippen molar-refractivity contribution in [2.24, 2.45) is 5.73 Å². The predicted octanol–water partition coefficient (Wildman–Crippen LogP) is 3.34. The van der Waals surface area contributed by atoms with Crippen LogP contribution in [0.25, 0.3) is 0 Å². The van der Waals surface area contributed by atoms with Gasteiger partial charge in [-0.3, -0.25) is 4.98 Å². The number of hydrogen-bond acceptors (Lipinski definition) is 3. The zero-order valence-electron chi connectivity index (χ0n) is 10.7. The highest BCUT2D eigenvalue weighted by Gasteiger charge is 2.32. The molecule has 1 heterocycles. The Kier molecular flexibility index (Phi) is 3.94. The van der Waals surface area contributed by atoms with Crippen LogP contribution in [0, 0.1) is 6.92 Å². The molecule has 0 amide bonds. The van der Waals surface area contributed by atoms with Crippen LogP contribution in [-0.2, 0) is 0 Å². The smallest absolute Gasteiger partial charge is 0.405 e. The lowest BCUT2D eigenvalue weighted by Gasteiger charge is -2.18. The van der Waals surface area contributed by atoms with E-state index in [0.29, 0.717) is 5.56 Å². The van der Waals surface area contributed by atoms with Gasteiger partial charge < -0.3 is 10.5 Å². The molecule has 1 aromatic carbocycles. The number of aromatic nitrogens is 1. The number of benzene rings is 1. The lowest BCUT2D eigenvalue weighted by molar-refractivity contribution is -0.274. The molecule has 0 aliphatic heterocycles. The first kappa shape index (κ1) is 14.3. The number of pyridine rings is 1. The summed E-state index contributed by atoms with van der Waals surface area (Å²) in [4.78, 5) is 4.03. The van der Waals surface area contributed by atoms with Gasteiger partial charge in [0.2, 0.25) is 0 Å². The summed E-state index contributed by atoms with van der Waals surface area (Å²) < 4.78 is 41.1. The Labute approximate surface area is 114 Å². The second-order valence-corrected chi connectivity index (χ2v) is 4.29.